The minimum atomic E-state index is 0.138. The van der Waals surface area contributed by atoms with E-state index in [1.807, 2.05) is 25.1 Å². The number of nitrogens with one attached hydrogen (secondary N) is 1. The molecule has 0 radical (unpaired) electrons. The summed E-state index contributed by atoms with van der Waals surface area (Å²) in [7, 11) is 1.66. The van der Waals surface area contributed by atoms with Crippen molar-refractivity contribution in [2.24, 2.45) is 5.92 Å². The number of ether oxygens (including phenoxy) is 2. The molecule has 1 aromatic rings. The van der Waals surface area contributed by atoms with Gasteiger partial charge < -0.3 is 19.9 Å². The Morgan fingerprint density at radius 2 is 2.16 bits per heavy atom. The van der Waals surface area contributed by atoms with E-state index in [0.717, 1.165) is 36.6 Å². The van der Waals surface area contributed by atoms with E-state index >= 15 is 0 Å². The van der Waals surface area contributed by atoms with Crippen LogP contribution in [0, 0.1) is 5.92 Å². The highest BCUT2D eigenvalue weighted by Crippen LogP contribution is 2.24. The van der Waals surface area contributed by atoms with Crippen LogP contribution in [0.2, 0.25) is 0 Å². The quantitative estimate of drug-likeness (QED) is 0.674. The average Bonchev–Trinajstić information content (AvgIpc) is 2.45. The highest BCUT2D eigenvalue weighted by atomic mass is 16.5. The lowest BCUT2D eigenvalue weighted by Crippen LogP contribution is -2.17. The van der Waals surface area contributed by atoms with Crippen LogP contribution in [0.25, 0.3) is 0 Å². The molecule has 0 bridgehead atoms. The molecule has 0 fully saturated rings. The molecule has 0 amide bonds. The van der Waals surface area contributed by atoms with E-state index in [4.69, 9.17) is 14.6 Å². The molecular formula is C15H25NO3. The third-order valence-electron chi connectivity index (χ3n) is 2.84. The lowest BCUT2D eigenvalue weighted by Gasteiger charge is -2.15. The van der Waals surface area contributed by atoms with Gasteiger partial charge in [-0.15, -0.1) is 0 Å². The highest BCUT2D eigenvalue weighted by molar-refractivity contribution is 5.40. The van der Waals surface area contributed by atoms with Gasteiger partial charge in [0.25, 0.3) is 0 Å². The van der Waals surface area contributed by atoms with Gasteiger partial charge in [-0.2, -0.15) is 0 Å². The van der Waals surface area contributed by atoms with Crippen molar-refractivity contribution in [3.05, 3.63) is 23.8 Å². The summed E-state index contributed by atoms with van der Waals surface area (Å²) < 4.78 is 11.0. The smallest absolute Gasteiger partial charge is 0.124 e. The van der Waals surface area contributed by atoms with Gasteiger partial charge in [0.2, 0.25) is 0 Å². The third kappa shape index (κ3) is 5.49. The zero-order chi connectivity index (χ0) is 14.1. The van der Waals surface area contributed by atoms with Crippen LogP contribution in [0.1, 0.15) is 25.8 Å². The van der Waals surface area contributed by atoms with E-state index in [-0.39, 0.29) is 12.5 Å². The molecule has 0 aromatic heterocycles. The summed E-state index contributed by atoms with van der Waals surface area (Å²) in [6.07, 6.45) is 1.10. The van der Waals surface area contributed by atoms with Crippen LogP contribution in [-0.4, -0.2) is 32.0 Å². The summed E-state index contributed by atoms with van der Waals surface area (Å²) in [5.41, 5.74) is 1.08. The monoisotopic (exact) mass is 267 g/mol. The van der Waals surface area contributed by atoms with E-state index in [0.29, 0.717) is 6.61 Å². The zero-order valence-electron chi connectivity index (χ0n) is 12.1. The van der Waals surface area contributed by atoms with E-state index in [1.54, 1.807) is 7.11 Å². The number of hydrogen-bond donors (Lipinski definition) is 2. The second kappa shape index (κ2) is 8.77. The Morgan fingerprint density at radius 1 is 1.37 bits per heavy atom. The third-order valence-corrected chi connectivity index (χ3v) is 2.84. The van der Waals surface area contributed by atoms with Crippen molar-refractivity contribution in [1.29, 1.82) is 0 Å². The summed E-state index contributed by atoms with van der Waals surface area (Å²) in [4.78, 5) is 0. The molecule has 0 heterocycles. The van der Waals surface area contributed by atoms with Crippen LogP contribution in [0.4, 0.5) is 0 Å². The Balaban J connectivity index is 2.70. The number of hydrogen-bond acceptors (Lipinski definition) is 4. The minimum Gasteiger partial charge on any atom is -0.497 e. The second-order valence-electron chi connectivity index (χ2n) is 4.75. The normalized spacial score (nSPS) is 12.2. The van der Waals surface area contributed by atoms with Gasteiger partial charge in [-0.05, 0) is 31.2 Å². The first kappa shape index (κ1) is 15.8. The fourth-order valence-electron chi connectivity index (χ4n) is 1.65. The molecule has 0 saturated heterocycles. The topological polar surface area (TPSA) is 50.7 Å². The maximum Gasteiger partial charge on any atom is 0.124 e. The van der Waals surface area contributed by atoms with E-state index < -0.39 is 0 Å². The number of aliphatic hydroxyl groups excluding tert-OH is 1. The lowest BCUT2D eigenvalue weighted by atomic mass is 10.1. The SMILES string of the molecule is CCCNCc1cc(OC)ccc1OCC(C)CO. The standard InChI is InChI=1S/C15H25NO3/c1-4-7-16-9-13-8-14(18-3)5-6-15(13)19-11-12(2)10-17/h5-6,8,12,16-17H,4,7,9-11H2,1-3H3. The Hall–Kier alpha value is -1.26. The molecule has 0 spiro atoms. The van der Waals surface area contributed by atoms with Crippen LogP contribution in [0.15, 0.2) is 18.2 Å². The Bertz CT molecular complexity index is 368. The van der Waals surface area contributed by atoms with Gasteiger partial charge in [-0.3, -0.25) is 0 Å². The largest absolute Gasteiger partial charge is 0.497 e. The van der Waals surface area contributed by atoms with E-state index in [2.05, 4.69) is 12.2 Å². The summed E-state index contributed by atoms with van der Waals surface area (Å²) in [5, 5.41) is 12.4. The van der Waals surface area contributed by atoms with Gasteiger partial charge in [0.1, 0.15) is 11.5 Å². The molecule has 1 atom stereocenters. The van der Waals surface area contributed by atoms with Crippen LogP contribution in [-0.2, 0) is 6.54 Å². The van der Waals surface area contributed by atoms with Gasteiger partial charge in [0.15, 0.2) is 0 Å². The molecule has 0 aliphatic rings. The highest BCUT2D eigenvalue weighted by Gasteiger charge is 2.08. The maximum absolute atomic E-state index is 9.03. The first-order valence-electron chi connectivity index (χ1n) is 6.82. The first-order chi connectivity index (χ1) is 9.21. The molecule has 108 valence electrons. The predicted octanol–water partition coefficient (Wildman–Crippen LogP) is 2.20. The van der Waals surface area contributed by atoms with E-state index in [9.17, 15) is 0 Å². The van der Waals surface area contributed by atoms with Crippen LogP contribution >= 0.6 is 0 Å². The Morgan fingerprint density at radius 3 is 2.79 bits per heavy atom. The molecule has 1 aromatic carbocycles. The molecule has 1 unspecified atom stereocenters. The minimum absolute atomic E-state index is 0.138. The Kier molecular flexibility index (Phi) is 7.30. The molecule has 2 N–H and O–H groups in total. The number of benzene rings is 1. The number of rotatable bonds is 9. The molecule has 4 nitrogen and oxygen atoms in total. The van der Waals surface area contributed by atoms with Crippen molar-refractivity contribution in [3.63, 3.8) is 0 Å². The summed E-state index contributed by atoms with van der Waals surface area (Å²) >= 11 is 0. The maximum atomic E-state index is 9.03. The van der Waals surface area contributed by atoms with Crippen molar-refractivity contribution in [2.45, 2.75) is 26.8 Å². The first-order valence-corrected chi connectivity index (χ1v) is 6.82. The van der Waals surface area contributed by atoms with Gasteiger partial charge in [0.05, 0.1) is 13.7 Å². The predicted molar refractivity (Wildman–Crippen MR) is 76.7 cm³/mol. The van der Waals surface area contributed by atoms with Gasteiger partial charge >= 0.3 is 0 Å². The molecule has 0 aliphatic carbocycles. The zero-order valence-corrected chi connectivity index (χ0v) is 12.1. The fraction of sp³-hybridized carbons (Fsp3) is 0.600. The number of aliphatic hydroxyl groups is 1. The van der Waals surface area contributed by atoms with Crippen LogP contribution in [0.5, 0.6) is 11.5 Å². The van der Waals surface area contributed by atoms with Gasteiger partial charge in [-0.1, -0.05) is 13.8 Å². The van der Waals surface area contributed by atoms with E-state index in [1.165, 1.54) is 0 Å². The molecule has 19 heavy (non-hydrogen) atoms. The fourth-order valence-corrected chi connectivity index (χ4v) is 1.65. The summed E-state index contributed by atoms with van der Waals surface area (Å²) in [6, 6.07) is 5.80. The van der Waals surface area contributed by atoms with Crippen molar-refractivity contribution < 1.29 is 14.6 Å². The summed E-state index contributed by atoms with van der Waals surface area (Å²) in [5.74, 6) is 1.82. The summed E-state index contributed by atoms with van der Waals surface area (Å²) in [6.45, 7) is 6.48. The van der Waals surface area contributed by atoms with Crippen LogP contribution < -0.4 is 14.8 Å². The van der Waals surface area contributed by atoms with Crippen molar-refractivity contribution in [3.8, 4) is 11.5 Å². The van der Waals surface area contributed by atoms with Crippen molar-refractivity contribution >= 4 is 0 Å². The Labute approximate surface area is 115 Å². The van der Waals surface area contributed by atoms with Gasteiger partial charge in [-0.25, -0.2) is 0 Å². The molecular weight excluding hydrogens is 242 g/mol. The molecule has 0 saturated carbocycles. The average molecular weight is 267 g/mol. The molecule has 0 aliphatic heterocycles. The lowest BCUT2D eigenvalue weighted by molar-refractivity contribution is 0.173. The molecule has 4 heteroatoms. The van der Waals surface area contributed by atoms with Gasteiger partial charge in [0, 0.05) is 24.6 Å². The van der Waals surface area contributed by atoms with Crippen molar-refractivity contribution in [2.75, 3.05) is 26.9 Å². The second-order valence-corrected chi connectivity index (χ2v) is 4.75. The van der Waals surface area contributed by atoms with Crippen LogP contribution in [0.3, 0.4) is 0 Å². The number of methoxy groups -OCH3 is 1. The van der Waals surface area contributed by atoms with Crippen molar-refractivity contribution in [1.82, 2.24) is 5.32 Å². The molecule has 1 rings (SSSR count).